The van der Waals surface area contributed by atoms with Crippen molar-refractivity contribution in [3.05, 3.63) is 0 Å². The van der Waals surface area contributed by atoms with Crippen molar-refractivity contribution in [1.82, 2.24) is 0 Å². The standard InChI is InChI=1S/C11H22F2Si/c1-4-11(2,3)14(12,13)10-8-6-5-7-9-10/h10H,4-9H2,1-3H3. The molecule has 0 bridgehead atoms. The molecule has 14 heavy (non-hydrogen) atoms. The summed E-state index contributed by atoms with van der Waals surface area (Å²) in [4.78, 5) is 0. The van der Waals surface area contributed by atoms with Crippen LogP contribution in [-0.2, 0) is 0 Å². The van der Waals surface area contributed by atoms with Crippen LogP contribution in [-0.4, -0.2) is 8.74 Å². The molecule has 0 aliphatic heterocycles. The smallest absolute Gasteiger partial charge is 0.270 e. The summed E-state index contributed by atoms with van der Waals surface area (Å²) in [6.07, 6.45) is 5.38. The Bertz CT molecular complexity index is 184. The molecule has 84 valence electrons. The van der Waals surface area contributed by atoms with Crippen molar-refractivity contribution >= 4 is 8.74 Å². The molecule has 3 heteroatoms. The van der Waals surface area contributed by atoms with Crippen molar-refractivity contribution in [3.8, 4) is 0 Å². The predicted octanol–water partition coefficient (Wildman–Crippen LogP) is 4.89. The molecule has 1 aliphatic carbocycles. The minimum Gasteiger partial charge on any atom is -0.270 e. The van der Waals surface area contributed by atoms with Crippen LogP contribution in [0.5, 0.6) is 0 Å². The Morgan fingerprint density at radius 1 is 1.14 bits per heavy atom. The molecule has 0 atom stereocenters. The lowest BCUT2D eigenvalue weighted by atomic mass is 10.0. The SMILES string of the molecule is CCC(C)(C)[Si](F)(F)C1CCCCC1. The maximum absolute atomic E-state index is 14.2. The second-order valence-corrected chi connectivity index (χ2v) is 8.61. The van der Waals surface area contributed by atoms with Crippen LogP contribution in [0.4, 0.5) is 8.22 Å². The van der Waals surface area contributed by atoms with Crippen molar-refractivity contribution in [2.75, 3.05) is 0 Å². The van der Waals surface area contributed by atoms with Crippen LogP contribution < -0.4 is 0 Å². The van der Waals surface area contributed by atoms with Gasteiger partial charge in [0.25, 0.3) is 0 Å². The van der Waals surface area contributed by atoms with E-state index in [0.29, 0.717) is 6.42 Å². The average molecular weight is 220 g/mol. The summed E-state index contributed by atoms with van der Waals surface area (Å²) in [5, 5.41) is -0.699. The topological polar surface area (TPSA) is 0 Å². The second kappa shape index (κ2) is 4.29. The summed E-state index contributed by atoms with van der Waals surface area (Å²) in [6.45, 7) is 5.41. The van der Waals surface area contributed by atoms with E-state index in [4.69, 9.17) is 0 Å². The Morgan fingerprint density at radius 2 is 1.64 bits per heavy atom. The van der Waals surface area contributed by atoms with Gasteiger partial charge in [-0.1, -0.05) is 40.0 Å². The van der Waals surface area contributed by atoms with Crippen molar-refractivity contribution in [1.29, 1.82) is 0 Å². The highest BCUT2D eigenvalue weighted by molar-refractivity contribution is 6.70. The summed E-state index contributed by atoms with van der Waals surface area (Å²) in [5.74, 6) is 0. The van der Waals surface area contributed by atoms with E-state index in [2.05, 4.69) is 0 Å². The molecule has 1 saturated carbocycles. The quantitative estimate of drug-likeness (QED) is 0.469. The molecule has 0 unspecified atom stereocenters. The van der Waals surface area contributed by atoms with Crippen molar-refractivity contribution in [3.63, 3.8) is 0 Å². The van der Waals surface area contributed by atoms with Gasteiger partial charge in [-0.15, -0.1) is 0 Å². The maximum atomic E-state index is 14.2. The van der Waals surface area contributed by atoms with Gasteiger partial charge in [0.1, 0.15) is 0 Å². The molecule has 0 N–H and O–H groups in total. The van der Waals surface area contributed by atoms with Crippen LogP contribution >= 0.6 is 0 Å². The number of halogens is 2. The van der Waals surface area contributed by atoms with E-state index in [-0.39, 0.29) is 5.54 Å². The summed E-state index contributed by atoms with van der Waals surface area (Å²) in [6, 6.07) is 0. The molecule has 0 radical (unpaired) electrons. The summed E-state index contributed by atoms with van der Waals surface area (Å²) >= 11 is 0. The summed E-state index contributed by atoms with van der Waals surface area (Å²) in [5.41, 5.74) is -0.230. The van der Waals surface area contributed by atoms with Crippen molar-refractivity contribution < 1.29 is 8.22 Å². The van der Waals surface area contributed by atoms with Gasteiger partial charge in [0, 0.05) is 10.6 Å². The Labute approximate surface area is 87.4 Å². The van der Waals surface area contributed by atoms with Crippen LogP contribution in [0, 0.1) is 0 Å². The molecule has 0 heterocycles. The first-order valence-corrected chi connectivity index (χ1v) is 7.63. The Morgan fingerprint density at radius 3 is 2.07 bits per heavy atom. The highest BCUT2D eigenvalue weighted by Gasteiger charge is 2.55. The monoisotopic (exact) mass is 220 g/mol. The first-order chi connectivity index (χ1) is 6.42. The molecule has 1 aliphatic rings. The van der Waals surface area contributed by atoms with Gasteiger partial charge in [-0.05, 0) is 19.3 Å². The first-order valence-electron chi connectivity index (χ1n) is 5.79. The van der Waals surface area contributed by atoms with E-state index < -0.39 is 13.8 Å². The third kappa shape index (κ3) is 2.18. The van der Waals surface area contributed by atoms with Crippen LogP contribution in [0.15, 0.2) is 0 Å². The first kappa shape index (κ1) is 12.1. The molecule has 0 spiro atoms. The lowest BCUT2D eigenvalue weighted by Gasteiger charge is -2.37. The molecule has 0 aromatic carbocycles. The van der Waals surface area contributed by atoms with Crippen LogP contribution in [0.3, 0.4) is 0 Å². The average Bonchev–Trinajstić information content (AvgIpc) is 2.19. The third-order valence-corrected chi connectivity index (χ3v) is 7.67. The summed E-state index contributed by atoms with van der Waals surface area (Å²) < 4.78 is 28.5. The van der Waals surface area contributed by atoms with Gasteiger partial charge < -0.3 is 0 Å². The van der Waals surface area contributed by atoms with Crippen molar-refractivity contribution in [2.45, 2.75) is 69.9 Å². The lowest BCUT2D eigenvalue weighted by molar-refractivity contribution is 0.380. The van der Waals surface area contributed by atoms with Gasteiger partial charge in [-0.2, -0.15) is 0 Å². The fourth-order valence-electron chi connectivity index (χ4n) is 2.25. The summed E-state index contributed by atoms with van der Waals surface area (Å²) in [7, 11) is -4.03. The van der Waals surface area contributed by atoms with E-state index >= 15 is 0 Å². The van der Waals surface area contributed by atoms with Gasteiger partial charge in [-0.3, -0.25) is 8.22 Å². The molecule has 0 amide bonds. The number of rotatable bonds is 3. The molecule has 0 nitrogen and oxygen atoms in total. The fourth-order valence-corrected chi connectivity index (χ4v) is 4.96. The zero-order valence-corrected chi connectivity index (χ0v) is 10.6. The van der Waals surface area contributed by atoms with E-state index in [1.165, 1.54) is 0 Å². The lowest BCUT2D eigenvalue weighted by Crippen LogP contribution is -2.42. The molecular weight excluding hydrogens is 198 g/mol. The molecular formula is C11H22F2Si. The minimum absolute atomic E-state index is 0.230. The van der Waals surface area contributed by atoms with Crippen LogP contribution in [0.2, 0.25) is 10.6 Å². The molecule has 1 fully saturated rings. The third-order valence-electron chi connectivity index (χ3n) is 3.90. The van der Waals surface area contributed by atoms with Gasteiger partial charge in [0.15, 0.2) is 0 Å². The second-order valence-electron chi connectivity index (χ2n) is 5.20. The molecule has 0 aromatic heterocycles. The fraction of sp³-hybridized carbons (Fsp3) is 1.00. The molecule has 0 saturated heterocycles. The van der Waals surface area contributed by atoms with Gasteiger partial charge >= 0.3 is 8.74 Å². The highest BCUT2D eigenvalue weighted by atomic mass is 28.4. The number of hydrogen-bond donors (Lipinski definition) is 0. The van der Waals surface area contributed by atoms with Crippen LogP contribution in [0.1, 0.15) is 59.3 Å². The van der Waals surface area contributed by atoms with E-state index in [0.717, 1.165) is 32.1 Å². The van der Waals surface area contributed by atoms with Crippen molar-refractivity contribution in [2.24, 2.45) is 0 Å². The number of hydrogen-bond acceptors (Lipinski definition) is 0. The Kier molecular flexibility index (Phi) is 3.73. The van der Waals surface area contributed by atoms with E-state index in [1.807, 2.05) is 6.92 Å². The van der Waals surface area contributed by atoms with E-state index in [9.17, 15) is 8.22 Å². The van der Waals surface area contributed by atoms with E-state index in [1.54, 1.807) is 13.8 Å². The van der Waals surface area contributed by atoms with Gasteiger partial charge in [0.05, 0.1) is 0 Å². The Hall–Kier alpha value is 0.0769. The van der Waals surface area contributed by atoms with Gasteiger partial charge in [-0.25, -0.2) is 0 Å². The normalized spacial score (nSPS) is 21.2. The van der Waals surface area contributed by atoms with Crippen LogP contribution in [0.25, 0.3) is 0 Å². The largest absolute Gasteiger partial charge is 0.433 e. The van der Waals surface area contributed by atoms with Gasteiger partial charge in [0.2, 0.25) is 0 Å². The molecule has 1 rings (SSSR count). The highest BCUT2D eigenvalue weighted by Crippen LogP contribution is 2.52. The predicted molar refractivity (Wildman–Crippen MR) is 59.1 cm³/mol. The Balaban J connectivity index is 2.71. The maximum Gasteiger partial charge on any atom is 0.433 e. The zero-order valence-electron chi connectivity index (χ0n) is 9.58. The minimum atomic E-state index is -4.03. The zero-order chi connectivity index (χ0) is 10.8. The molecule has 0 aromatic rings.